The monoisotopic (exact) mass is 917 g/mol. The second-order valence-electron chi connectivity index (χ2n) is 28.8. The van der Waals surface area contributed by atoms with Crippen LogP contribution in [0.25, 0.3) is 11.0 Å². The van der Waals surface area contributed by atoms with Crippen LogP contribution in [0, 0.1) is 6.92 Å². The highest BCUT2D eigenvalue weighted by molar-refractivity contribution is 7.00. The number of anilines is 6. The largest absolute Gasteiger partial charge is 0.468 e. The van der Waals surface area contributed by atoms with Crippen molar-refractivity contribution in [2.75, 3.05) is 9.80 Å². The first-order valence-electron chi connectivity index (χ1n) is 26.7. The van der Waals surface area contributed by atoms with E-state index in [-0.39, 0.29) is 50.0 Å². The van der Waals surface area contributed by atoms with Crippen LogP contribution >= 0.6 is 0 Å². The summed E-state index contributed by atoms with van der Waals surface area (Å²) in [5, 5.41) is 1.23. The van der Waals surface area contributed by atoms with Gasteiger partial charge >= 0.3 is 0 Å². The van der Waals surface area contributed by atoms with Gasteiger partial charge in [-0.2, -0.15) is 0 Å². The Labute approximate surface area is 416 Å². The molecule has 0 unspecified atom stereocenters. The third-order valence-corrected chi connectivity index (χ3v) is 18.8. The Morgan fingerprint density at radius 1 is 0.449 bits per heavy atom. The van der Waals surface area contributed by atoms with E-state index in [1.165, 1.54) is 120 Å². The topological polar surface area (TPSA) is 19.6 Å². The van der Waals surface area contributed by atoms with Crippen molar-refractivity contribution in [1.82, 2.24) is 0 Å². The molecule has 2 aliphatic heterocycles. The van der Waals surface area contributed by atoms with Crippen molar-refractivity contribution in [2.45, 2.75) is 213 Å². The van der Waals surface area contributed by atoms with Gasteiger partial charge in [0.05, 0.1) is 11.3 Å². The van der Waals surface area contributed by atoms with Crippen molar-refractivity contribution in [3.8, 4) is 0 Å². The molecule has 0 amide bonds. The predicted octanol–water partition coefficient (Wildman–Crippen LogP) is 16.5. The first-order valence-corrected chi connectivity index (χ1v) is 26.7. The Hall–Kier alpha value is -4.70. The van der Waals surface area contributed by atoms with Gasteiger partial charge in [0.25, 0.3) is 6.71 Å². The lowest BCUT2D eigenvalue weighted by molar-refractivity contribution is 0.332. The average molecular weight is 917 g/mol. The first-order chi connectivity index (χ1) is 31.8. The van der Waals surface area contributed by atoms with Crippen molar-refractivity contribution in [3.05, 3.63) is 123 Å². The fourth-order valence-electron chi connectivity index (χ4n) is 13.6. The molecule has 69 heavy (non-hydrogen) atoms. The lowest BCUT2D eigenvalue weighted by Crippen LogP contribution is -2.61. The van der Waals surface area contributed by atoms with Crippen LogP contribution < -0.4 is 26.4 Å². The number of hydrogen-bond donors (Lipinski definition) is 0. The molecule has 360 valence electrons. The van der Waals surface area contributed by atoms with Crippen LogP contribution in [0.5, 0.6) is 0 Å². The van der Waals surface area contributed by atoms with Gasteiger partial charge in [0, 0.05) is 33.8 Å². The fraction of sp³-hybridized carbons (Fsp3) is 0.508. The zero-order valence-corrected chi connectivity index (χ0v) is 46.1. The summed E-state index contributed by atoms with van der Waals surface area (Å²) in [6.07, 6.45) is 7.02. The summed E-state index contributed by atoms with van der Waals surface area (Å²) >= 11 is 0. The van der Waals surface area contributed by atoms with Gasteiger partial charge < -0.3 is 14.2 Å². The molecular weight excluding hydrogens is 836 g/mol. The SMILES string of the molecule is Cc1cc2c3c(c1)N(c1ccc4c(c1)C(C)(C)CCC4(C)C)c1c(oc4cc5c(cc14)C(C)(C)CCC5(C)C)B3c1cc3c(cc1N2c1cc(C(C)(C)C)cc(C(C)(C)C)c1)C(C)(C)CCC3(C)C. The van der Waals surface area contributed by atoms with Crippen LogP contribution in [0.4, 0.5) is 34.1 Å². The van der Waals surface area contributed by atoms with Gasteiger partial charge in [-0.3, -0.25) is 0 Å². The normalized spacial score (nSPS) is 20.9. The summed E-state index contributed by atoms with van der Waals surface area (Å²) in [6.45, 7) is 46.0. The van der Waals surface area contributed by atoms with E-state index in [9.17, 15) is 0 Å². The van der Waals surface area contributed by atoms with Gasteiger partial charge in [0.2, 0.25) is 0 Å². The van der Waals surface area contributed by atoms with E-state index >= 15 is 0 Å². The van der Waals surface area contributed by atoms with E-state index in [0.29, 0.717) is 0 Å². The molecule has 5 aliphatic rings. The Morgan fingerprint density at radius 3 is 1.42 bits per heavy atom. The summed E-state index contributed by atoms with van der Waals surface area (Å²) in [5.41, 5.74) is 25.4. The van der Waals surface area contributed by atoms with Gasteiger partial charge in [0.15, 0.2) is 0 Å². The van der Waals surface area contributed by atoms with Gasteiger partial charge in [-0.15, -0.1) is 0 Å². The molecule has 1 aromatic heterocycles. The molecule has 11 rings (SSSR count). The molecule has 0 bridgehead atoms. The standard InChI is InChI=1S/C65H81BN2O/c1-38-28-52-55-53(29-38)68(41-20-21-44-45(33-41)61(10,11)23-22-60(44,8)9)56-43-34-46-49(65(18,19)27-24-62(46,12)13)37-54(43)69-57(56)66(55)50-35-47-48(64(16,17)26-25-63(47,14)15)36-51(50)67(52)42-31-39(58(2,3)4)30-40(32-42)59(5,6)7/h20-21,28-37H,22-27H2,1-19H3. The zero-order valence-electron chi connectivity index (χ0n) is 46.1. The van der Waals surface area contributed by atoms with E-state index in [1.54, 1.807) is 0 Å². The Morgan fingerprint density at radius 2 is 0.899 bits per heavy atom. The lowest BCUT2D eigenvalue weighted by atomic mass is 9.35. The molecule has 0 radical (unpaired) electrons. The predicted molar refractivity (Wildman–Crippen MR) is 298 cm³/mol. The molecule has 5 aromatic carbocycles. The minimum Gasteiger partial charge on any atom is -0.468 e. The third kappa shape index (κ3) is 6.93. The summed E-state index contributed by atoms with van der Waals surface area (Å²) < 4.78 is 7.74. The van der Waals surface area contributed by atoms with Crippen molar-refractivity contribution in [2.24, 2.45) is 0 Å². The van der Waals surface area contributed by atoms with Crippen LogP contribution in [-0.2, 0) is 43.3 Å². The summed E-state index contributed by atoms with van der Waals surface area (Å²) in [7, 11) is 0. The molecule has 4 heteroatoms. The molecule has 3 heterocycles. The van der Waals surface area contributed by atoms with Crippen molar-refractivity contribution >= 4 is 68.4 Å². The first kappa shape index (κ1) is 46.7. The summed E-state index contributed by atoms with van der Waals surface area (Å²) in [6, 6.07) is 30.4. The Balaban J connectivity index is 1.30. The molecule has 0 spiro atoms. The second-order valence-corrected chi connectivity index (χ2v) is 28.8. The maximum Gasteiger partial charge on any atom is 0.297 e. The second kappa shape index (κ2) is 14.3. The Bertz CT molecular complexity index is 3140. The molecule has 0 N–H and O–H groups in total. The van der Waals surface area contributed by atoms with Crippen molar-refractivity contribution < 1.29 is 4.42 Å². The van der Waals surface area contributed by atoms with E-state index < -0.39 is 0 Å². The van der Waals surface area contributed by atoms with Crippen LogP contribution in [0.2, 0.25) is 0 Å². The number of benzene rings is 5. The summed E-state index contributed by atoms with van der Waals surface area (Å²) in [4.78, 5) is 5.35. The number of hydrogen-bond acceptors (Lipinski definition) is 3. The van der Waals surface area contributed by atoms with Crippen LogP contribution in [0.3, 0.4) is 0 Å². The number of furan rings is 1. The quantitative estimate of drug-likeness (QED) is 0.161. The van der Waals surface area contributed by atoms with E-state index in [4.69, 9.17) is 4.42 Å². The van der Waals surface area contributed by atoms with Crippen molar-refractivity contribution in [1.29, 1.82) is 0 Å². The highest BCUT2D eigenvalue weighted by Crippen LogP contribution is 2.55. The number of fused-ring (bicyclic) bond motifs is 9. The minimum absolute atomic E-state index is 0.0317. The smallest absolute Gasteiger partial charge is 0.297 e. The molecule has 0 saturated carbocycles. The molecule has 0 fully saturated rings. The van der Waals surface area contributed by atoms with Gasteiger partial charge in [-0.25, -0.2) is 0 Å². The molecule has 3 aliphatic carbocycles. The van der Waals surface area contributed by atoms with Crippen LogP contribution in [0.1, 0.15) is 213 Å². The van der Waals surface area contributed by atoms with Gasteiger partial charge in [0.1, 0.15) is 5.58 Å². The zero-order chi connectivity index (χ0) is 49.7. The molecule has 0 atom stereocenters. The average Bonchev–Trinajstić information content (AvgIpc) is 3.62. The Kier molecular flexibility index (Phi) is 9.64. The lowest BCUT2D eigenvalue weighted by Gasteiger charge is -2.47. The summed E-state index contributed by atoms with van der Waals surface area (Å²) in [5.74, 6) is 0. The van der Waals surface area contributed by atoms with Crippen LogP contribution in [0.15, 0.2) is 77.2 Å². The maximum atomic E-state index is 7.74. The molecule has 6 aromatic rings. The minimum atomic E-state index is -0.106. The van der Waals surface area contributed by atoms with E-state index in [2.05, 4.69) is 214 Å². The number of aryl methyl sites for hydroxylation is 1. The highest BCUT2D eigenvalue weighted by atomic mass is 16.3. The molecule has 3 nitrogen and oxygen atoms in total. The van der Waals surface area contributed by atoms with Gasteiger partial charge in [-0.05, 0) is 204 Å². The number of rotatable bonds is 2. The fourth-order valence-corrected chi connectivity index (χ4v) is 13.6. The third-order valence-electron chi connectivity index (χ3n) is 18.8. The molecule has 0 saturated heterocycles. The highest BCUT2D eigenvalue weighted by Gasteiger charge is 2.50. The van der Waals surface area contributed by atoms with E-state index in [1.807, 2.05) is 0 Å². The van der Waals surface area contributed by atoms with Gasteiger partial charge in [-0.1, -0.05) is 143 Å². The van der Waals surface area contributed by atoms with Crippen LogP contribution in [-0.4, -0.2) is 6.71 Å². The van der Waals surface area contributed by atoms with Crippen molar-refractivity contribution in [3.63, 3.8) is 0 Å². The van der Waals surface area contributed by atoms with E-state index in [0.717, 1.165) is 30.5 Å². The maximum absolute atomic E-state index is 7.74. The number of nitrogens with zero attached hydrogens (tertiary/aromatic N) is 2. The molecular formula is C65H81BN2O.